The molecule has 0 saturated carbocycles. The first-order valence-corrected chi connectivity index (χ1v) is 18.2. The van der Waals surface area contributed by atoms with Crippen LogP contribution in [0.4, 0.5) is 5.69 Å². The van der Waals surface area contributed by atoms with Gasteiger partial charge in [0.15, 0.2) is 12.4 Å². The molecule has 0 spiro atoms. The molecule has 0 aliphatic carbocycles. The Kier molecular flexibility index (Phi) is 23.2. The van der Waals surface area contributed by atoms with Crippen molar-refractivity contribution < 1.29 is 34.1 Å². The van der Waals surface area contributed by atoms with Gasteiger partial charge in [0.05, 0.1) is 11.3 Å². The minimum Gasteiger partial charge on any atom is -0.479 e. The van der Waals surface area contributed by atoms with E-state index in [4.69, 9.17) is 20.0 Å². The number of carboxylic acid groups (broad SMARTS) is 2. The fraction of sp³-hybridized carbons (Fsp3) is 0.500. The van der Waals surface area contributed by atoms with Gasteiger partial charge in [-0.25, -0.2) is 14.6 Å². The number of nitrogens with one attached hydrogen (secondary N) is 2. The highest BCUT2D eigenvalue weighted by atomic mass is 16.5. The highest BCUT2D eigenvalue weighted by molar-refractivity contribution is 6.02. The molecule has 4 N–H and O–H groups in total. The number of nitrogens with zero attached hydrogens (tertiary/aromatic N) is 3. The lowest BCUT2D eigenvalue weighted by molar-refractivity contribution is -0.148. The summed E-state index contributed by atoms with van der Waals surface area (Å²) in [5.41, 5.74) is 3.04. The topological polar surface area (TPSA) is 175 Å². The van der Waals surface area contributed by atoms with Crippen LogP contribution in [0.3, 0.4) is 0 Å². The van der Waals surface area contributed by atoms with Crippen LogP contribution < -0.4 is 10.1 Å². The van der Waals surface area contributed by atoms with Crippen molar-refractivity contribution in [2.45, 2.75) is 104 Å². The van der Waals surface area contributed by atoms with Crippen molar-refractivity contribution in [3.8, 4) is 5.88 Å². The first-order valence-electron chi connectivity index (χ1n) is 18.2. The van der Waals surface area contributed by atoms with Crippen LogP contribution >= 0.6 is 0 Å². The first kappa shape index (κ1) is 45.0. The summed E-state index contributed by atoms with van der Waals surface area (Å²) < 4.78 is 11.0. The van der Waals surface area contributed by atoms with Gasteiger partial charge in [-0.15, -0.1) is 0 Å². The molecule has 52 heavy (non-hydrogen) atoms. The van der Waals surface area contributed by atoms with Gasteiger partial charge in [0.25, 0.3) is 0 Å². The number of ether oxygens (including phenoxy) is 2. The zero-order valence-electron chi connectivity index (χ0n) is 31.8. The van der Waals surface area contributed by atoms with E-state index in [2.05, 4.69) is 27.1 Å². The van der Waals surface area contributed by atoms with Crippen LogP contribution in [0.5, 0.6) is 5.88 Å². The smallest absolute Gasteiger partial charge is 0.344 e. The van der Waals surface area contributed by atoms with E-state index in [1.54, 1.807) is 31.3 Å². The predicted molar refractivity (Wildman–Crippen MR) is 207 cm³/mol. The van der Waals surface area contributed by atoms with Crippen LogP contribution in [-0.4, -0.2) is 82.4 Å². The largest absolute Gasteiger partial charge is 0.479 e. The fourth-order valence-corrected chi connectivity index (χ4v) is 4.99. The molecule has 2 rings (SSSR count). The number of anilines is 1. The number of hydrogen-bond donors (Lipinski definition) is 4. The SMILES string of the molecule is CCCC(=N)c1nc(CC)nc(OCC=O)c1NC.C\C=C/C(=C\C=C\N(C)CCCCCc1ccc(C(=O)O)cc1)OC(CCCCC)C(=O)O. The van der Waals surface area contributed by atoms with E-state index in [1.165, 1.54) is 0 Å². The Bertz CT molecular complexity index is 1470. The number of hydrogen-bond acceptors (Lipinski definition) is 10. The summed E-state index contributed by atoms with van der Waals surface area (Å²) in [6, 6.07) is 7.07. The molecular weight excluding hydrogens is 662 g/mol. The summed E-state index contributed by atoms with van der Waals surface area (Å²) in [5.74, 6) is -0.348. The van der Waals surface area contributed by atoms with E-state index in [9.17, 15) is 19.5 Å². The van der Waals surface area contributed by atoms with Crippen LogP contribution in [0.2, 0.25) is 0 Å². The molecule has 0 saturated heterocycles. The molecule has 1 heterocycles. The quantitative estimate of drug-likeness (QED) is 0.0258. The molecule has 1 aromatic heterocycles. The number of aldehydes is 1. The maximum atomic E-state index is 11.5. The highest BCUT2D eigenvalue weighted by Gasteiger charge is 2.19. The lowest BCUT2D eigenvalue weighted by atomic mass is 10.1. The lowest BCUT2D eigenvalue weighted by Gasteiger charge is -2.16. The summed E-state index contributed by atoms with van der Waals surface area (Å²) >= 11 is 0. The molecule has 0 aliphatic rings. The number of unbranched alkanes of at least 4 members (excludes halogenated alkanes) is 4. The summed E-state index contributed by atoms with van der Waals surface area (Å²) in [4.78, 5) is 43.5. The van der Waals surface area contributed by atoms with Gasteiger partial charge in [-0.1, -0.05) is 64.7 Å². The Labute approximate surface area is 309 Å². The van der Waals surface area contributed by atoms with Crippen molar-refractivity contribution in [2.24, 2.45) is 0 Å². The minimum atomic E-state index is -0.930. The van der Waals surface area contributed by atoms with Crippen molar-refractivity contribution in [1.29, 1.82) is 5.41 Å². The number of allylic oxidation sites excluding steroid dienone is 4. The van der Waals surface area contributed by atoms with Gasteiger partial charge in [0.2, 0.25) is 5.88 Å². The third-order valence-electron chi connectivity index (χ3n) is 7.80. The number of carbonyl (C=O) groups excluding carboxylic acids is 1. The van der Waals surface area contributed by atoms with E-state index in [-0.39, 0.29) is 6.61 Å². The van der Waals surface area contributed by atoms with Gasteiger partial charge in [-0.3, -0.25) is 4.79 Å². The van der Waals surface area contributed by atoms with Crippen LogP contribution in [-0.2, 0) is 27.2 Å². The van der Waals surface area contributed by atoms with E-state index in [0.717, 1.165) is 63.5 Å². The van der Waals surface area contributed by atoms with E-state index in [1.807, 2.05) is 58.3 Å². The number of aromatic carboxylic acids is 1. The predicted octanol–water partition coefficient (Wildman–Crippen LogP) is 7.88. The second-order valence-electron chi connectivity index (χ2n) is 12.1. The average Bonchev–Trinajstić information content (AvgIpc) is 3.13. The van der Waals surface area contributed by atoms with E-state index in [0.29, 0.717) is 65.7 Å². The second kappa shape index (κ2) is 26.8. The van der Waals surface area contributed by atoms with Crippen molar-refractivity contribution in [2.75, 3.05) is 32.6 Å². The highest BCUT2D eigenvalue weighted by Crippen LogP contribution is 2.26. The van der Waals surface area contributed by atoms with Gasteiger partial charge in [0.1, 0.15) is 29.6 Å². The molecule has 1 unspecified atom stereocenters. The van der Waals surface area contributed by atoms with Crippen molar-refractivity contribution in [3.63, 3.8) is 0 Å². The maximum Gasteiger partial charge on any atom is 0.344 e. The van der Waals surface area contributed by atoms with Crippen molar-refractivity contribution >= 4 is 29.6 Å². The molecule has 0 amide bonds. The van der Waals surface area contributed by atoms with Gasteiger partial charge >= 0.3 is 11.9 Å². The summed E-state index contributed by atoms with van der Waals surface area (Å²) in [7, 11) is 3.73. The van der Waals surface area contributed by atoms with Crippen LogP contribution in [0.25, 0.3) is 0 Å². The Morgan fingerprint density at radius 1 is 1.02 bits per heavy atom. The molecule has 0 fully saturated rings. The number of carbonyl (C=O) groups is 3. The second-order valence-corrected chi connectivity index (χ2v) is 12.1. The monoisotopic (exact) mass is 721 g/mol. The zero-order valence-corrected chi connectivity index (χ0v) is 31.8. The van der Waals surface area contributed by atoms with E-state index >= 15 is 0 Å². The number of rotatable bonds is 25. The normalized spacial score (nSPS) is 11.8. The molecule has 0 radical (unpaired) electrons. The minimum absolute atomic E-state index is 0.0601. The first-order chi connectivity index (χ1) is 25.0. The van der Waals surface area contributed by atoms with Gasteiger partial charge < -0.3 is 35.3 Å². The molecular formula is C40H59N5O7. The summed E-state index contributed by atoms with van der Waals surface area (Å²) in [6.45, 7) is 8.77. The third kappa shape index (κ3) is 17.8. The molecule has 286 valence electrons. The molecule has 0 bridgehead atoms. The Morgan fingerprint density at radius 2 is 1.75 bits per heavy atom. The molecule has 0 aliphatic heterocycles. The summed E-state index contributed by atoms with van der Waals surface area (Å²) in [5, 5.41) is 29.4. The van der Waals surface area contributed by atoms with Crippen LogP contribution in [0.1, 0.15) is 113 Å². The van der Waals surface area contributed by atoms with Gasteiger partial charge in [0, 0.05) is 27.1 Å². The average molecular weight is 722 g/mol. The molecule has 1 atom stereocenters. The number of carboxylic acids is 2. The Balaban J connectivity index is 0.000000601. The lowest BCUT2D eigenvalue weighted by Crippen LogP contribution is -2.23. The Morgan fingerprint density at radius 3 is 2.33 bits per heavy atom. The molecule has 1 aromatic carbocycles. The molecule has 2 aromatic rings. The third-order valence-corrected chi connectivity index (χ3v) is 7.80. The number of aryl methyl sites for hydroxylation is 2. The zero-order chi connectivity index (χ0) is 38.7. The number of aliphatic carboxylic acids is 1. The van der Waals surface area contributed by atoms with Crippen molar-refractivity contribution in [3.05, 3.63) is 83.2 Å². The fourth-order valence-electron chi connectivity index (χ4n) is 4.99. The summed E-state index contributed by atoms with van der Waals surface area (Å²) in [6.07, 6.45) is 18.8. The number of aromatic nitrogens is 2. The van der Waals surface area contributed by atoms with E-state index < -0.39 is 18.0 Å². The number of benzene rings is 1. The molecule has 12 nitrogen and oxygen atoms in total. The van der Waals surface area contributed by atoms with Crippen molar-refractivity contribution in [1.82, 2.24) is 14.9 Å². The maximum absolute atomic E-state index is 11.5. The molecule has 12 heteroatoms. The van der Waals surface area contributed by atoms with Gasteiger partial charge in [-0.05, 0) is 87.6 Å². The van der Waals surface area contributed by atoms with Gasteiger partial charge in [-0.2, -0.15) is 4.98 Å². The van der Waals surface area contributed by atoms with Crippen LogP contribution in [0, 0.1) is 5.41 Å². The Hall–Kier alpha value is -5.00. The van der Waals surface area contributed by atoms with Crippen LogP contribution in [0.15, 0.2) is 60.5 Å². The standard InChI is InChI=1S/C27H39NO5.C13H20N4O2/c1-4-6-8-15-25(27(31)32)33-24(12-5-2)14-11-21-28(3)20-10-7-9-13-22-16-18-23(19-17-22)26(29)30;1-4-6-9(14)11-12(15-3)13(19-8-7-18)17-10(5-2)16-11/h5,11-12,14,16-19,21,25H,4,6-10,13,15,20H2,1-3H3,(H,29,30)(H,31,32);7,14-15H,4-6,8H2,1-3H3/b12-5-,21-11+,24-14+;.